The number of anilines is 3. The zero-order valence-electron chi connectivity index (χ0n) is 27.6. The van der Waals surface area contributed by atoms with E-state index in [2.05, 4.69) is 157 Å². The van der Waals surface area contributed by atoms with Crippen molar-refractivity contribution in [3.8, 4) is 11.5 Å². The number of aryl methyl sites for hydroxylation is 1. The molecule has 0 bridgehead atoms. The standard InChI is InChI=1S/C45H39NO2/c1-34-7-4-8-38(31-34)16-13-35-19-25-41(26-20-35)46(42-27-21-36(22-28-42)14-17-39-9-5-11-44(32-39)47-2)43-29-23-37(24-30-43)15-18-40-10-6-12-45(33-40)48-3/h4-33H,1-3H3/b16-13+,17-14+,18-15+. The van der Waals surface area contributed by atoms with Crippen LogP contribution in [0.1, 0.15) is 38.9 Å². The molecule has 0 N–H and O–H groups in total. The topological polar surface area (TPSA) is 21.7 Å². The Labute approximate surface area is 284 Å². The molecule has 0 aliphatic heterocycles. The summed E-state index contributed by atoms with van der Waals surface area (Å²) in [4.78, 5) is 2.29. The molecule has 0 aliphatic carbocycles. The summed E-state index contributed by atoms with van der Waals surface area (Å²) in [5.41, 5.74) is 11.3. The lowest BCUT2D eigenvalue weighted by molar-refractivity contribution is 0.414. The summed E-state index contributed by atoms with van der Waals surface area (Å²) < 4.78 is 10.8. The Morgan fingerprint density at radius 1 is 0.375 bits per heavy atom. The monoisotopic (exact) mass is 625 g/mol. The Kier molecular flexibility index (Phi) is 10.3. The normalized spacial score (nSPS) is 11.4. The van der Waals surface area contributed by atoms with E-state index in [1.165, 1.54) is 11.1 Å². The van der Waals surface area contributed by atoms with Crippen molar-refractivity contribution in [1.29, 1.82) is 0 Å². The lowest BCUT2D eigenvalue weighted by Crippen LogP contribution is -2.09. The molecule has 6 aromatic carbocycles. The third-order valence-corrected chi connectivity index (χ3v) is 8.09. The highest BCUT2D eigenvalue weighted by molar-refractivity contribution is 5.80. The van der Waals surface area contributed by atoms with E-state index < -0.39 is 0 Å². The van der Waals surface area contributed by atoms with Crippen LogP contribution in [-0.2, 0) is 0 Å². The van der Waals surface area contributed by atoms with E-state index in [-0.39, 0.29) is 0 Å². The van der Waals surface area contributed by atoms with Gasteiger partial charge in [-0.3, -0.25) is 0 Å². The van der Waals surface area contributed by atoms with Crippen LogP contribution in [0.2, 0.25) is 0 Å². The van der Waals surface area contributed by atoms with Gasteiger partial charge in [-0.2, -0.15) is 0 Å². The summed E-state index contributed by atoms with van der Waals surface area (Å²) in [6, 6.07) is 50.7. The van der Waals surface area contributed by atoms with Crippen molar-refractivity contribution in [2.24, 2.45) is 0 Å². The lowest BCUT2D eigenvalue weighted by atomic mass is 10.1. The van der Waals surface area contributed by atoms with Gasteiger partial charge in [-0.25, -0.2) is 0 Å². The smallest absolute Gasteiger partial charge is 0.119 e. The highest BCUT2D eigenvalue weighted by Gasteiger charge is 2.12. The first kappa shape index (κ1) is 31.9. The van der Waals surface area contributed by atoms with Gasteiger partial charge in [0.2, 0.25) is 0 Å². The predicted molar refractivity (Wildman–Crippen MR) is 205 cm³/mol. The molecule has 6 aromatic rings. The van der Waals surface area contributed by atoms with Crippen LogP contribution in [0.15, 0.2) is 146 Å². The number of ether oxygens (including phenoxy) is 2. The molecule has 6 rings (SSSR count). The summed E-state index contributed by atoms with van der Waals surface area (Å²) in [6.45, 7) is 2.12. The molecule has 0 radical (unpaired) electrons. The number of hydrogen-bond acceptors (Lipinski definition) is 3. The number of methoxy groups -OCH3 is 2. The molecular weight excluding hydrogens is 587 g/mol. The SMILES string of the molecule is COc1cccc(/C=C/c2ccc(N(c3ccc(/C=C/c4cccc(C)c4)cc3)c3ccc(/C=C/c4cccc(OC)c4)cc3)cc2)c1. The Balaban J connectivity index is 1.27. The Bertz CT molecular complexity index is 1930. The van der Waals surface area contributed by atoms with Crippen molar-refractivity contribution < 1.29 is 9.47 Å². The van der Waals surface area contributed by atoms with E-state index in [1.54, 1.807) is 14.2 Å². The van der Waals surface area contributed by atoms with Crippen molar-refractivity contribution in [2.45, 2.75) is 6.92 Å². The number of hydrogen-bond donors (Lipinski definition) is 0. The number of rotatable bonds is 11. The fraction of sp³-hybridized carbons (Fsp3) is 0.0667. The fourth-order valence-electron chi connectivity index (χ4n) is 5.49. The average molecular weight is 626 g/mol. The van der Waals surface area contributed by atoms with Gasteiger partial charge in [-0.1, -0.05) is 127 Å². The second-order valence-corrected chi connectivity index (χ2v) is 11.6. The summed E-state index contributed by atoms with van der Waals surface area (Å²) >= 11 is 0. The summed E-state index contributed by atoms with van der Waals surface area (Å²) in [6.07, 6.45) is 12.8. The first-order chi connectivity index (χ1) is 23.6. The maximum atomic E-state index is 5.38. The summed E-state index contributed by atoms with van der Waals surface area (Å²) in [5, 5.41) is 0. The number of nitrogens with zero attached hydrogens (tertiary/aromatic N) is 1. The van der Waals surface area contributed by atoms with Crippen LogP contribution in [0.25, 0.3) is 36.5 Å². The van der Waals surface area contributed by atoms with Gasteiger partial charge in [0.05, 0.1) is 14.2 Å². The van der Waals surface area contributed by atoms with Crippen molar-refractivity contribution >= 4 is 53.5 Å². The molecule has 0 aliphatic rings. The van der Waals surface area contributed by atoms with E-state index in [9.17, 15) is 0 Å². The van der Waals surface area contributed by atoms with E-state index in [0.29, 0.717) is 0 Å². The van der Waals surface area contributed by atoms with Crippen LogP contribution >= 0.6 is 0 Å². The van der Waals surface area contributed by atoms with Gasteiger partial charge in [-0.15, -0.1) is 0 Å². The molecule has 3 heteroatoms. The predicted octanol–water partition coefficient (Wildman–Crippen LogP) is 12.0. The van der Waals surface area contributed by atoms with Crippen LogP contribution < -0.4 is 14.4 Å². The molecule has 0 atom stereocenters. The van der Waals surface area contributed by atoms with Crippen LogP contribution in [0.3, 0.4) is 0 Å². The maximum Gasteiger partial charge on any atom is 0.119 e. The molecule has 0 fully saturated rings. The molecule has 236 valence electrons. The minimum absolute atomic E-state index is 0.849. The molecular formula is C45H39NO2. The number of benzene rings is 6. The van der Waals surface area contributed by atoms with Crippen LogP contribution in [-0.4, -0.2) is 14.2 Å². The Hall–Kier alpha value is -6.06. The van der Waals surface area contributed by atoms with Crippen LogP contribution in [0, 0.1) is 6.92 Å². The second-order valence-electron chi connectivity index (χ2n) is 11.6. The average Bonchev–Trinajstić information content (AvgIpc) is 3.14. The quantitative estimate of drug-likeness (QED) is 0.134. The van der Waals surface area contributed by atoms with E-state index >= 15 is 0 Å². The molecule has 0 aromatic heterocycles. The maximum absolute atomic E-state index is 5.38. The van der Waals surface area contributed by atoms with E-state index in [4.69, 9.17) is 9.47 Å². The van der Waals surface area contributed by atoms with Gasteiger partial charge in [0, 0.05) is 17.1 Å². The Morgan fingerprint density at radius 2 is 0.708 bits per heavy atom. The molecule has 3 nitrogen and oxygen atoms in total. The summed E-state index contributed by atoms with van der Waals surface area (Å²) in [5.74, 6) is 1.70. The highest BCUT2D eigenvalue weighted by atomic mass is 16.5. The zero-order chi connectivity index (χ0) is 33.1. The summed E-state index contributed by atoms with van der Waals surface area (Å²) in [7, 11) is 3.38. The second kappa shape index (κ2) is 15.5. The van der Waals surface area contributed by atoms with Gasteiger partial charge < -0.3 is 14.4 Å². The van der Waals surface area contributed by atoms with Gasteiger partial charge in [0.25, 0.3) is 0 Å². The van der Waals surface area contributed by atoms with Crippen molar-refractivity contribution in [1.82, 2.24) is 0 Å². The van der Waals surface area contributed by atoms with Crippen LogP contribution in [0.5, 0.6) is 11.5 Å². The largest absolute Gasteiger partial charge is 0.497 e. The molecule has 0 saturated heterocycles. The third-order valence-electron chi connectivity index (χ3n) is 8.09. The van der Waals surface area contributed by atoms with Crippen molar-refractivity contribution in [3.63, 3.8) is 0 Å². The lowest BCUT2D eigenvalue weighted by Gasteiger charge is -2.26. The van der Waals surface area contributed by atoms with E-state index in [1.807, 2.05) is 36.4 Å². The highest BCUT2D eigenvalue weighted by Crippen LogP contribution is 2.35. The Morgan fingerprint density at radius 3 is 1.06 bits per heavy atom. The first-order valence-corrected chi connectivity index (χ1v) is 16.1. The van der Waals surface area contributed by atoms with Crippen LogP contribution in [0.4, 0.5) is 17.1 Å². The molecule has 0 saturated carbocycles. The molecule has 48 heavy (non-hydrogen) atoms. The van der Waals surface area contributed by atoms with Gasteiger partial charge in [0.15, 0.2) is 0 Å². The van der Waals surface area contributed by atoms with Gasteiger partial charge >= 0.3 is 0 Å². The van der Waals surface area contributed by atoms with Crippen molar-refractivity contribution in [3.05, 3.63) is 185 Å². The van der Waals surface area contributed by atoms with Crippen molar-refractivity contribution in [2.75, 3.05) is 19.1 Å². The molecule has 0 unspecified atom stereocenters. The molecule has 0 spiro atoms. The molecule has 0 heterocycles. The van der Waals surface area contributed by atoms with E-state index in [0.717, 1.165) is 56.4 Å². The first-order valence-electron chi connectivity index (χ1n) is 16.1. The van der Waals surface area contributed by atoms with Gasteiger partial charge in [0.1, 0.15) is 11.5 Å². The minimum atomic E-state index is 0.849. The zero-order valence-corrected chi connectivity index (χ0v) is 27.6. The molecule has 0 amide bonds. The fourth-order valence-corrected chi connectivity index (χ4v) is 5.49. The minimum Gasteiger partial charge on any atom is -0.497 e. The van der Waals surface area contributed by atoms with Gasteiger partial charge in [-0.05, 0) is 101 Å². The third kappa shape index (κ3) is 8.39.